The van der Waals surface area contributed by atoms with Crippen molar-refractivity contribution in [2.75, 3.05) is 12.3 Å². The van der Waals surface area contributed by atoms with E-state index in [1.165, 1.54) is 6.33 Å². The standard InChI is InChI=1S/C29H29N7O2/c1-29(2,3)16-20(17-30)28(37)35-15-7-10-23(35)36-27-24(26(31)32-18-33-27)25(34-36)19-11-13-22(14-12-19)38-21-8-5-4-6-9-21/h4-6,8-9,11-14,16,18,23H,7,10,15H2,1-3H3,(H2,31,32,33)/b20-16+/t23-/m1/s1. The molecule has 1 aliphatic heterocycles. The van der Waals surface area contributed by atoms with Gasteiger partial charge < -0.3 is 15.4 Å². The first-order chi connectivity index (χ1) is 18.2. The Labute approximate surface area is 221 Å². The first kappa shape index (κ1) is 25.0. The van der Waals surface area contributed by atoms with E-state index in [0.717, 1.165) is 17.7 Å². The van der Waals surface area contributed by atoms with E-state index < -0.39 is 6.17 Å². The predicted octanol–water partition coefficient (Wildman–Crippen LogP) is 5.48. The fourth-order valence-electron chi connectivity index (χ4n) is 4.68. The van der Waals surface area contributed by atoms with Crippen molar-refractivity contribution < 1.29 is 9.53 Å². The van der Waals surface area contributed by atoms with Crippen LogP contribution in [0.2, 0.25) is 0 Å². The van der Waals surface area contributed by atoms with Crippen molar-refractivity contribution in [2.45, 2.75) is 39.8 Å². The number of fused-ring (bicyclic) bond motifs is 1. The highest BCUT2D eigenvalue weighted by atomic mass is 16.5. The summed E-state index contributed by atoms with van der Waals surface area (Å²) in [7, 11) is 0. The summed E-state index contributed by atoms with van der Waals surface area (Å²) in [6.07, 6.45) is 4.19. The number of likely N-dealkylation sites (tertiary alicyclic amines) is 1. The Morgan fingerprint density at radius 1 is 1.11 bits per heavy atom. The summed E-state index contributed by atoms with van der Waals surface area (Å²) in [5, 5.41) is 15.2. The van der Waals surface area contributed by atoms with Crippen LogP contribution in [-0.4, -0.2) is 37.1 Å². The number of ether oxygens (including phenoxy) is 1. The predicted molar refractivity (Wildman–Crippen MR) is 145 cm³/mol. The van der Waals surface area contributed by atoms with E-state index >= 15 is 0 Å². The van der Waals surface area contributed by atoms with E-state index in [1.54, 1.807) is 15.7 Å². The summed E-state index contributed by atoms with van der Waals surface area (Å²) in [5.74, 6) is 1.44. The van der Waals surface area contributed by atoms with Crippen molar-refractivity contribution in [2.24, 2.45) is 5.41 Å². The lowest BCUT2D eigenvalue weighted by Crippen LogP contribution is -2.35. The quantitative estimate of drug-likeness (QED) is 0.280. The molecule has 4 aromatic rings. The molecule has 0 aliphatic carbocycles. The van der Waals surface area contributed by atoms with Gasteiger partial charge in [-0.2, -0.15) is 10.4 Å². The Hall–Kier alpha value is -4.71. The molecule has 3 heterocycles. The van der Waals surface area contributed by atoms with Crippen LogP contribution in [0.1, 0.15) is 39.8 Å². The third-order valence-electron chi connectivity index (χ3n) is 6.32. The van der Waals surface area contributed by atoms with Crippen LogP contribution in [0, 0.1) is 16.7 Å². The molecular weight excluding hydrogens is 478 g/mol. The van der Waals surface area contributed by atoms with Crippen LogP contribution in [0.5, 0.6) is 11.5 Å². The second-order valence-corrected chi connectivity index (χ2v) is 10.3. The number of amides is 1. The van der Waals surface area contributed by atoms with E-state index in [-0.39, 0.29) is 16.9 Å². The van der Waals surface area contributed by atoms with Crippen LogP contribution < -0.4 is 10.5 Å². The molecule has 1 amide bonds. The maximum atomic E-state index is 13.4. The molecule has 0 bridgehead atoms. The number of nitrogens with two attached hydrogens (primary N) is 1. The zero-order valence-electron chi connectivity index (χ0n) is 21.6. The molecular formula is C29H29N7O2. The number of rotatable bonds is 5. The first-order valence-electron chi connectivity index (χ1n) is 12.5. The second-order valence-electron chi connectivity index (χ2n) is 10.3. The zero-order chi connectivity index (χ0) is 26.9. The van der Waals surface area contributed by atoms with Crippen LogP contribution in [0.4, 0.5) is 5.82 Å². The summed E-state index contributed by atoms with van der Waals surface area (Å²) in [6, 6.07) is 19.2. The second kappa shape index (κ2) is 9.98. The number of benzene rings is 2. The summed E-state index contributed by atoms with van der Waals surface area (Å²) in [5.41, 5.74) is 8.11. The van der Waals surface area contributed by atoms with E-state index in [2.05, 4.69) is 16.0 Å². The van der Waals surface area contributed by atoms with Crippen molar-refractivity contribution in [1.29, 1.82) is 5.26 Å². The van der Waals surface area contributed by atoms with Gasteiger partial charge in [0.15, 0.2) is 5.65 Å². The van der Waals surface area contributed by atoms with Gasteiger partial charge in [-0.25, -0.2) is 14.6 Å². The van der Waals surface area contributed by atoms with Crippen molar-refractivity contribution in [3.8, 4) is 28.8 Å². The SMILES string of the molecule is CC(C)(C)/C=C(\C#N)C(=O)N1CCC[C@H]1n1nc(-c2ccc(Oc3ccccc3)cc2)c2c(N)ncnc21. The van der Waals surface area contributed by atoms with Gasteiger partial charge in [-0.1, -0.05) is 45.0 Å². The molecule has 2 aromatic heterocycles. The minimum absolute atomic E-state index is 0.129. The molecule has 1 fully saturated rings. The smallest absolute Gasteiger partial charge is 0.265 e. The van der Waals surface area contributed by atoms with E-state index in [4.69, 9.17) is 15.6 Å². The molecule has 0 spiro atoms. The Balaban J connectivity index is 1.52. The topological polar surface area (TPSA) is 123 Å². The fourth-order valence-corrected chi connectivity index (χ4v) is 4.68. The van der Waals surface area contributed by atoms with Crippen molar-refractivity contribution in [3.63, 3.8) is 0 Å². The minimum atomic E-state index is -0.398. The van der Waals surface area contributed by atoms with Gasteiger partial charge in [0.05, 0.1) is 5.39 Å². The van der Waals surface area contributed by atoms with E-state index in [1.807, 2.05) is 75.4 Å². The number of aromatic nitrogens is 4. The maximum Gasteiger partial charge on any atom is 0.265 e. The van der Waals surface area contributed by atoms with Crippen LogP contribution in [0.3, 0.4) is 0 Å². The molecule has 2 N–H and O–H groups in total. The molecule has 0 unspecified atom stereocenters. The first-order valence-corrected chi connectivity index (χ1v) is 12.5. The summed E-state index contributed by atoms with van der Waals surface area (Å²) >= 11 is 0. The average molecular weight is 508 g/mol. The Morgan fingerprint density at radius 2 is 1.82 bits per heavy atom. The average Bonchev–Trinajstić information content (AvgIpc) is 3.53. The number of nitrogens with zero attached hydrogens (tertiary/aromatic N) is 6. The number of carbonyl (C=O) groups is 1. The van der Waals surface area contributed by atoms with Crippen molar-refractivity contribution in [1.82, 2.24) is 24.6 Å². The summed E-state index contributed by atoms with van der Waals surface area (Å²) in [6.45, 7) is 6.40. The third-order valence-corrected chi connectivity index (χ3v) is 6.32. The van der Waals surface area contributed by atoms with Gasteiger partial charge in [0, 0.05) is 12.1 Å². The number of para-hydroxylation sites is 1. The molecule has 5 rings (SSSR count). The maximum absolute atomic E-state index is 13.4. The number of allylic oxidation sites excluding steroid dienone is 1. The molecule has 0 radical (unpaired) electrons. The molecule has 0 saturated carbocycles. The monoisotopic (exact) mass is 507 g/mol. The molecule has 38 heavy (non-hydrogen) atoms. The molecule has 1 saturated heterocycles. The fraction of sp³-hybridized carbons (Fsp3) is 0.276. The van der Waals surface area contributed by atoms with Gasteiger partial charge in [0.25, 0.3) is 5.91 Å². The van der Waals surface area contributed by atoms with Crippen LogP contribution in [0.25, 0.3) is 22.3 Å². The summed E-state index contributed by atoms with van der Waals surface area (Å²) in [4.78, 5) is 23.8. The molecule has 2 aromatic carbocycles. The minimum Gasteiger partial charge on any atom is -0.457 e. The van der Waals surface area contributed by atoms with Gasteiger partial charge >= 0.3 is 0 Å². The molecule has 1 aliphatic rings. The molecule has 1 atom stereocenters. The lowest BCUT2D eigenvalue weighted by atomic mass is 9.93. The van der Waals surface area contributed by atoms with Crippen LogP contribution >= 0.6 is 0 Å². The highest BCUT2D eigenvalue weighted by molar-refractivity contribution is 5.99. The number of nitriles is 1. The van der Waals surface area contributed by atoms with E-state index in [9.17, 15) is 10.1 Å². The number of hydrogen-bond donors (Lipinski definition) is 1. The van der Waals surface area contributed by atoms with Gasteiger partial charge in [0.2, 0.25) is 0 Å². The van der Waals surface area contributed by atoms with Crippen molar-refractivity contribution in [3.05, 3.63) is 72.6 Å². The highest BCUT2D eigenvalue weighted by Crippen LogP contribution is 2.37. The third kappa shape index (κ3) is 4.93. The van der Waals surface area contributed by atoms with Crippen LogP contribution in [-0.2, 0) is 4.79 Å². The number of nitrogen functional groups attached to an aromatic ring is 1. The normalized spacial score (nSPS) is 16.0. The van der Waals surface area contributed by atoms with Gasteiger partial charge in [-0.3, -0.25) is 4.79 Å². The highest BCUT2D eigenvalue weighted by Gasteiger charge is 2.35. The Kier molecular flexibility index (Phi) is 6.55. The zero-order valence-corrected chi connectivity index (χ0v) is 21.6. The molecule has 9 heteroatoms. The van der Waals surface area contributed by atoms with Crippen molar-refractivity contribution >= 4 is 22.8 Å². The van der Waals surface area contributed by atoms with E-state index in [0.29, 0.717) is 41.3 Å². The van der Waals surface area contributed by atoms with Gasteiger partial charge in [-0.15, -0.1) is 0 Å². The Bertz CT molecular complexity index is 1540. The van der Waals surface area contributed by atoms with Gasteiger partial charge in [-0.05, 0) is 54.7 Å². The number of hydrogen-bond acceptors (Lipinski definition) is 7. The lowest BCUT2D eigenvalue weighted by molar-refractivity contribution is -0.129. The Morgan fingerprint density at radius 3 is 2.50 bits per heavy atom. The van der Waals surface area contributed by atoms with Gasteiger partial charge in [0.1, 0.15) is 47.1 Å². The lowest BCUT2D eigenvalue weighted by Gasteiger charge is -2.25. The largest absolute Gasteiger partial charge is 0.457 e. The molecule has 9 nitrogen and oxygen atoms in total. The summed E-state index contributed by atoms with van der Waals surface area (Å²) < 4.78 is 7.67. The number of anilines is 1. The number of carbonyl (C=O) groups excluding carboxylic acids is 1. The molecule has 192 valence electrons. The van der Waals surface area contributed by atoms with Crippen LogP contribution in [0.15, 0.2) is 72.6 Å².